The van der Waals surface area contributed by atoms with E-state index in [9.17, 15) is 14.4 Å². The summed E-state index contributed by atoms with van der Waals surface area (Å²) in [5, 5.41) is 4.72. The Morgan fingerprint density at radius 2 is 1.86 bits per heavy atom. The van der Waals surface area contributed by atoms with E-state index in [0.717, 1.165) is 18.4 Å². The Bertz CT molecular complexity index is 512. The standard InChI is InChI=1S/C15H18N2O4/c18-13(17-15(20)16-12-7-8-12)10-21-14(19)9-6-11-4-2-1-3-5-11/h1-5,12H,6-10H2,(H2,16,17,18,20). The highest BCUT2D eigenvalue weighted by Crippen LogP contribution is 2.18. The van der Waals surface area contributed by atoms with Gasteiger partial charge in [0.05, 0.1) is 0 Å². The summed E-state index contributed by atoms with van der Waals surface area (Å²) in [5.41, 5.74) is 1.03. The van der Waals surface area contributed by atoms with Crippen molar-refractivity contribution in [2.75, 3.05) is 6.61 Å². The number of amides is 3. The molecular weight excluding hydrogens is 272 g/mol. The van der Waals surface area contributed by atoms with Gasteiger partial charge in [-0.25, -0.2) is 4.79 Å². The number of rotatable bonds is 6. The topological polar surface area (TPSA) is 84.5 Å². The lowest BCUT2D eigenvalue weighted by Gasteiger charge is -2.06. The summed E-state index contributed by atoms with van der Waals surface area (Å²) < 4.78 is 4.82. The van der Waals surface area contributed by atoms with Crippen molar-refractivity contribution < 1.29 is 19.1 Å². The molecule has 112 valence electrons. The van der Waals surface area contributed by atoms with E-state index < -0.39 is 24.5 Å². The van der Waals surface area contributed by atoms with Crippen molar-refractivity contribution in [1.82, 2.24) is 10.6 Å². The number of carbonyl (C=O) groups is 3. The Kier molecular flexibility index (Phi) is 5.31. The summed E-state index contributed by atoms with van der Waals surface area (Å²) in [7, 11) is 0. The van der Waals surface area contributed by atoms with Crippen molar-refractivity contribution >= 4 is 17.9 Å². The highest BCUT2D eigenvalue weighted by molar-refractivity contribution is 5.95. The summed E-state index contributed by atoms with van der Waals surface area (Å²) in [4.78, 5) is 34.2. The molecule has 0 spiro atoms. The van der Waals surface area contributed by atoms with Crippen molar-refractivity contribution in [1.29, 1.82) is 0 Å². The summed E-state index contributed by atoms with van der Waals surface area (Å²) in [6.07, 6.45) is 2.64. The van der Waals surface area contributed by atoms with E-state index in [-0.39, 0.29) is 12.5 Å². The minimum atomic E-state index is -0.624. The number of esters is 1. The van der Waals surface area contributed by atoms with Crippen LogP contribution in [-0.2, 0) is 20.7 Å². The Morgan fingerprint density at radius 3 is 2.52 bits per heavy atom. The maximum absolute atomic E-state index is 11.5. The quantitative estimate of drug-likeness (QED) is 0.770. The van der Waals surface area contributed by atoms with Crippen LogP contribution in [0.5, 0.6) is 0 Å². The molecule has 2 N–H and O–H groups in total. The van der Waals surface area contributed by atoms with E-state index in [1.165, 1.54) is 0 Å². The molecule has 0 bridgehead atoms. The SMILES string of the molecule is O=C(COC(=O)CCc1ccccc1)NC(=O)NC1CC1. The summed E-state index contributed by atoms with van der Waals surface area (Å²) in [6, 6.07) is 9.16. The summed E-state index contributed by atoms with van der Waals surface area (Å²) >= 11 is 0. The van der Waals surface area contributed by atoms with Gasteiger partial charge in [-0.05, 0) is 24.8 Å². The number of imide groups is 1. The maximum atomic E-state index is 11.5. The van der Waals surface area contributed by atoms with Gasteiger partial charge in [-0.3, -0.25) is 14.9 Å². The van der Waals surface area contributed by atoms with Gasteiger partial charge in [0.2, 0.25) is 0 Å². The molecule has 1 aliphatic carbocycles. The zero-order chi connectivity index (χ0) is 15.1. The number of ether oxygens (including phenoxy) is 1. The maximum Gasteiger partial charge on any atom is 0.321 e. The van der Waals surface area contributed by atoms with Crippen LogP contribution in [-0.4, -0.2) is 30.6 Å². The lowest BCUT2D eigenvalue weighted by atomic mass is 10.1. The average Bonchev–Trinajstić information content (AvgIpc) is 3.27. The van der Waals surface area contributed by atoms with Crippen LogP contribution in [0.3, 0.4) is 0 Å². The summed E-state index contributed by atoms with van der Waals surface area (Å²) in [6.45, 7) is -0.439. The molecule has 1 aromatic rings. The van der Waals surface area contributed by atoms with Gasteiger partial charge in [-0.1, -0.05) is 30.3 Å². The molecule has 21 heavy (non-hydrogen) atoms. The predicted octanol–water partition coefficient (Wildman–Crippen LogP) is 1.15. The molecule has 0 aromatic heterocycles. The first-order valence-electron chi connectivity index (χ1n) is 6.93. The minimum Gasteiger partial charge on any atom is -0.456 e. The molecule has 1 aliphatic rings. The second-order valence-electron chi connectivity index (χ2n) is 4.94. The Balaban J connectivity index is 1.59. The first-order valence-corrected chi connectivity index (χ1v) is 6.93. The Hall–Kier alpha value is -2.37. The smallest absolute Gasteiger partial charge is 0.321 e. The van der Waals surface area contributed by atoms with Crippen molar-refractivity contribution in [2.45, 2.75) is 31.7 Å². The van der Waals surface area contributed by atoms with Crippen LogP contribution in [0.25, 0.3) is 0 Å². The van der Waals surface area contributed by atoms with Gasteiger partial charge >= 0.3 is 12.0 Å². The molecule has 1 fully saturated rings. The van der Waals surface area contributed by atoms with Gasteiger partial charge in [-0.2, -0.15) is 0 Å². The van der Waals surface area contributed by atoms with E-state index in [0.29, 0.717) is 6.42 Å². The van der Waals surface area contributed by atoms with Gasteiger partial charge in [0, 0.05) is 12.5 Å². The van der Waals surface area contributed by atoms with Crippen molar-refractivity contribution in [3.63, 3.8) is 0 Å². The molecule has 0 unspecified atom stereocenters. The lowest BCUT2D eigenvalue weighted by Crippen LogP contribution is -2.42. The normalized spacial score (nSPS) is 13.3. The van der Waals surface area contributed by atoms with Gasteiger partial charge in [-0.15, -0.1) is 0 Å². The molecular formula is C15H18N2O4. The third-order valence-corrected chi connectivity index (χ3v) is 2.99. The zero-order valence-corrected chi connectivity index (χ0v) is 11.6. The van der Waals surface area contributed by atoms with Crippen molar-refractivity contribution in [3.8, 4) is 0 Å². The molecule has 3 amide bonds. The molecule has 2 rings (SSSR count). The second kappa shape index (κ2) is 7.42. The monoisotopic (exact) mass is 290 g/mol. The minimum absolute atomic E-state index is 0.172. The van der Waals surface area contributed by atoms with Crippen LogP contribution in [0.2, 0.25) is 0 Å². The molecule has 6 nitrogen and oxygen atoms in total. The van der Waals surface area contributed by atoms with Crippen LogP contribution < -0.4 is 10.6 Å². The number of aryl methyl sites for hydroxylation is 1. The largest absolute Gasteiger partial charge is 0.456 e. The second-order valence-corrected chi connectivity index (χ2v) is 4.94. The molecule has 0 saturated heterocycles. The number of hydrogen-bond acceptors (Lipinski definition) is 4. The first-order chi connectivity index (χ1) is 10.1. The number of benzene rings is 1. The Labute approximate surface area is 122 Å². The number of carbonyl (C=O) groups excluding carboxylic acids is 3. The highest BCUT2D eigenvalue weighted by Gasteiger charge is 2.24. The molecule has 0 atom stereocenters. The number of urea groups is 1. The fraction of sp³-hybridized carbons (Fsp3) is 0.400. The van der Waals surface area contributed by atoms with Crippen molar-refractivity contribution in [2.24, 2.45) is 0 Å². The van der Waals surface area contributed by atoms with Gasteiger partial charge in [0.15, 0.2) is 6.61 Å². The van der Waals surface area contributed by atoms with Crippen LogP contribution in [0, 0.1) is 0 Å². The molecule has 0 heterocycles. The third kappa shape index (κ3) is 6.07. The predicted molar refractivity (Wildman–Crippen MR) is 75.4 cm³/mol. The fourth-order valence-corrected chi connectivity index (χ4v) is 1.72. The van der Waals surface area contributed by atoms with Gasteiger partial charge < -0.3 is 10.1 Å². The van der Waals surface area contributed by atoms with Crippen molar-refractivity contribution in [3.05, 3.63) is 35.9 Å². The van der Waals surface area contributed by atoms with E-state index in [1.54, 1.807) is 0 Å². The van der Waals surface area contributed by atoms with Gasteiger partial charge in [0.25, 0.3) is 5.91 Å². The molecule has 0 radical (unpaired) electrons. The molecule has 0 aliphatic heterocycles. The summed E-state index contributed by atoms with van der Waals surface area (Å²) in [5.74, 6) is -1.09. The van der Waals surface area contributed by atoms with E-state index in [2.05, 4.69) is 10.6 Å². The first kappa shape index (κ1) is 15.0. The van der Waals surface area contributed by atoms with Crippen LogP contribution in [0.1, 0.15) is 24.8 Å². The fourth-order valence-electron chi connectivity index (χ4n) is 1.72. The van der Waals surface area contributed by atoms with E-state index >= 15 is 0 Å². The lowest BCUT2D eigenvalue weighted by molar-refractivity contribution is -0.148. The van der Waals surface area contributed by atoms with Crippen LogP contribution in [0.15, 0.2) is 30.3 Å². The average molecular weight is 290 g/mol. The van der Waals surface area contributed by atoms with Crippen LogP contribution >= 0.6 is 0 Å². The molecule has 1 aromatic carbocycles. The number of hydrogen-bond donors (Lipinski definition) is 2. The number of nitrogens with one attached hydrogen (secondary N) is 2. The highest BCUT2D eigenvalue weighted by atomic mass is 16.5. The Morgan fingerprint density at radius 1 is 1.14 bits per heavy atom. The third-order valence-electron chi connectivity index (χ3n) is 2.99. The zero-order valence-electron chi connectivity index (χ0n) is 11.6. The molecule has 6 heteroatoms. The van der Waals surface area contributed by atoms with Crippen LogP contribution in [0.4, 0.5) is 4.79 Å². The van der Waals surface area contributed by atoms with E-state index in [4.69, 9.17) is 4.74 Å². The van der Waals surface area contributed by atoms with Gasteiger partial charge in [0.1, 0.15) is 0 Å². The van der Waals surface area contributed by atoms with E-state index in [1.807, 2.05) is 30.3 Å². The molecule has 1 saturated carbocycles.